The van der Waals surface area contributed by atoms with E-state index in [2.05, 4.69) is 22.3 Å². The number of carboxylic acid groups (broad SMARTS) is 1. The molecule has 2 saturated heterocycles. The second kappa shape index (κ2) is 10.5. The van der Waals surface area contributed by atoms with Crippen molar-refractivity contribution in [2.45, 2.75) is 50.6 Å². The third-order valence-corrected chi connectivity index (χ3v) is 6.04. The molecule has 7 nitrogen and oxygen atoms in total. The van der Waals surface area contributed by atoms with E-state index in [-0.39, 0.29) is 12.0 Å². The van der Waals surface area contributed by atoms with Gasteiger partial charge in [0.25, 0.3) is 0 Å². The highest BCUT2D eigenvalue weighted by Crippen LogP contribution is 2.37. The van der Waals surface area contributed by atoms with Gasteiger partial charge in [0.15, 0.2) is 0 Å². The third kappa shape index (κ3) is 6.83. The lowest BCUT2D eigenvalue weighted by molar-refractivity contribution is -0.192. The number of fused-ring (bicyclic) bond motifs is 1. The topological polar surface area (TPSA) is 88.1 Å². The van der Waals surface area contributed by atoms with Gasteiger partial charge in [-0.3, -0.25) is 9.69 Å². The normalized spacial score (nSPS) is 25.3. The molecule has 0 unspecified atom stereocenters. The molecule has 2 heterocycles. The minimum absolute atomic E-state index is 0.108. The molecule has 0 bridgehead atoms. The van der Waals surface area contributed by atoms with E-state index < -0.39 is 12.1 Å². The van der Waals surface area contributed by atoms with Crippen molar-refractivity contribution in [3.8, 4) is 5.75 Å². The number of hydrogen-bond donors (Lipinski definition) is 2. The van der Waals surface area contributed by atoms with Crippen LogP contribution in [0.4, 0.5) is 13.2 Å². The molecule has 2 N–H and O–H groups in total. The number of benzene rings is 1. The Morgan fingerprint density at radius 2 is 1.94 bits per heavy atom. The number of aliphatic carboxylic acids is 1. The van der Waals surface area contributed by atoms with Gasteiger partial charge in [-0.25, -0.2) is 4.79 Å². The fourth-order valence-corrected chi connectivity index (χ4v) is 4.29. The molecule has 3 fully saturated rings. The summed E-state index contributed by atoms with van der Waals surface area (Å²) in [4.78, 5) is 23.5. The van der Waals surface area contributed by atoms with E-state index in [0.29, 0.717) is 24.3 Å². The van der Waals surface area contributed by atoms with Crippen molar-refractivity contribution in [1.29, 1.82) is 0 Å². The summed E-state index contributed by atoms with van der Waals surface area (Å²) in [5.41, 5.74) is 1.24. The van der Waals surface area contributed by atoms with Crippen LogP contribution in [0.25, 0.3) is 0 Å². The highest BCUT2D eigenvalue weighted by Gasteiger charge is 2.42. The molecule has 32 heavy (non-hydrogen) atoms. The van der Waals surface area contributed by atoms with Crippen LogP contribution >= 0.6 is 0 Å². The molecule has 0 radical (unpaired) electrons. The van der Waals surface area contributed by atoms with Crippen molar-refractivity contribution in [3.05, 3.63) is 29.8 Å². The van der Waals surface area contributed by atoms with Crippen LogP contribution in [0.2, 0.25) is 0 Å². The van der Waals surface area contributed by atoms with Crippen molar-refractivity contribution in [3.63, 3.8) is 0 Å². The summed E-state index contributed by atoms with van der Waals surface area (Å²) in [6.45, 7) is 3.81. The molecule has 1 aromatic rings. The lowest BCUT2D eigenvalue weighted by Gasteiger charge is -2.35. The maximum absolute atomic E-state index is 12.1. The zero-order chi connectivity index (χ0) is 23.3. The highest BCUT2D eigenvalue weighted by atomic mass is 19.4. The first kappa shape index (κ1) is 24.3. The van der Waals surface area contributed by atoms with Crippen LogP contribution in [-0.4, -0.2) is 67.0 Å². The Morgan fingerprint density at radius 3 is 2.56 bits per heavy atom. The zero-order valence-corrected chi connectivity index (χ0v) is 17.9. The molecule has 3 aliphatic rings. The fourth-order valence-electron chi connectivity index (χ4n) is 4.29. The average Bonchev–Trinajstić information content (AvgIpc) is 3.47. The summed E-state index contributed by atoms with van der Waals surface area (Å²) in [6.07, 6.45) is -1.05. The number of carboxylic acids is 1. The molecule has 4 rings (SSSR count). The number of piperidine rings is 1. The van der Waals surface area contributed by atoms with Gasteiger partial charge in [-0.1, -0.05) is 18.2 Å². The first-order valence-electron chi connectivity index (χ1n) is 10.7. The van der Waals surface area contributed by atoms with Gasteiger partial charge < -0.3 is 19.9 Å². The number of methoxy groups -OCH3 is 1. The number of ether oxygens (including phenoxy) is 2. The van der Waals surface area contributed by atoms with Crippen molar-refractivity contribution in [1.82, 2.24) is 10.2 Å². The van der Waals surface area contributed by atoms with Gasteiger partial charge in [0, 0.05) is 30.6 Å². The molecule has 1 aromatic carbocycles. The first-order valence-corrected chi connectivity index (χ1v) is 10.7. The summed E-state index contributed by atoms with van der Waals surface area (Å²) in [5.74, 6) is -0.555. The highest BCUT2D eigenvalue weighted by molar-refractivity contribution is 5.77. The first-order chi connectivity index (χ1) is 15.2. The van der Waals surface area contributed by atoms with E-state index in [4.69, 9.17) is 19.4 Å². The Balaban J connectivity index is 0.000000360. The van der Waals surface area contributed by atoms with Crippen molar-refractivity contribution >= 4 is 11.9 Å². The van der Waals surface area contributed by atoms with Crippen molar-refractivity contribution in [2.24, 2.45) is 11.8 Å². The number of amides is 1. The molecule has 1 saturated carbocycles. The molecule has 178 valence electrons. The van der Waals surface area contributed by atoms with Gasteiger partial charge >= 0.3 is 12.1 Å². The number of halogens is 3. The van der Waals surface area contributed by atoms with Gasteiger partial charge in [0.2, 0.25) is 5.91 Å². The number of carbonyl (C=O) groups is 2. The van der Waals surface area contributed by atoms with E-state index >= 15 is 0 Å². The number of hydrogen-bond acceptors (Lipinski definition) is 5. The molecule has 1 amide bonds. The number of alkyl halides is 3. The predicted octanol–water partition coefficient (Wildman–Crippen LogP) is 2.83. The fraction of sp³-hybridized carbons (Fsp3) is 0.636. The maximum Gasteiger partial charge on any atom is 0.490 e. The number of likely N-dealkylation sites (tertiary alicyclic amines) is 1. The van der Waals surface area contributed by atoms with E-state index in [1.807, 2.05) is 12.1 Å². The van der Waals surface area contributed by atoms with Gasteiger partial charge in [-0.2, -0.15) is 13.2 Å². The molecule has 0 spiro atoms. The third-order valence-electron chi connectivity index (χ3n) is 6.04. The standard InChI is InChI=1S/C20H28N2O3.C2HF3O2/c1-24-18-5-3-2-4-14(18)11-22-9-8-17-15(12-22)13-25-19(17)10-20(23)21-16-6-7-16;3-2(4,5)1(6)7/h2-5,15-17,19H,6-13H2,1H3,(H,21,23);(H,6,7)/t15-,17-,19-;/m1./s1. The van der Waals surface area contributed by atoms with E-state index in [1.54, 1.807) is 7.11 Å². The SMILES string of the molecule is COc1ccccc1CN1CC[C@@H]2[C@@H](CO[C@@H]2CC(=O)NC2CC2)C1.O=C(O)C(F)(F)F. The molecule has 3 atom stereocenters. The number of rotatable bonds is 6. The van der Waals surface area contributed by atoms with Crippen LogP contribution in [0.5, 0.6) is 5.75 Å². The Labute approximate surface area is 184 Å². The Kier molecular flexibility index (Phi) is 8.00. The monoisotopic (exact) mass is 458 g/mol. The average molecular weight is 458 g/mol. The van der Waals surface area contributed by atoms with Crippen LogP contribution in [0, 0.1) is 11.8 Å². The summed E-state index contributed by atoms with van der Waals surface area (Å²) in [6, 6.07) is 8.68. The maximum atomic E-state index is 12.1. The van der Waals surface area contributed by atoms with Crippen molar-refractivity contribution in [2.75, 3.05) is 26.8 Å². The van der Waals surface area contributed by atoms with Crippen LogP contribution in [0.1, 0.15) is 31.2 Å². The van der Waals surface area contributed by atoms with Crippen LogP contribution in [0.3, 0.4) is 0 Å². The summed E-state index contributed by atoms with van der Waals surface area (Å²) in [5, 5.41) is 10.2. The lowest BCUT2D eigenvalue weighted by atomic mass is 9.83. The van der Waals surface area contributed by atoms with Crippen LogP contribution in [-0.2, 0) is 20.9 Å². The van der Waals surface area contributed by atoms with Crippen molar-refractivity contribution < 1.29 is 37.3 Å². The quantitative estimate of drug-likeness (QED) is 0.682. The molecular formula is C22H29F3N2O5. The predicted molar refractivity (Wildman–Crippen MR) is 109 cm³/mol. The number of para-hydroxylation sites is 1. The number of nitrogens with one attached hydrogen (secondary N) is 1. The molecule has 10 heteroatoms. The summed E-state index contributed by atoms with van der Waals surface area (Å²) in [7, 11) is 1.73. The minimum atomic E-state index is -5.08. The number of carbonyl (C=O) groups excluding carboxylic acids is 1. The van der Waals surface area contributed by atoms with Gasteiger partial charge in [0.1, 0.15) is 5.75 Å². The number of nitrogens with zero attached hydrogens (tertiary/aromatic N) is 1. The van der Waals surface area contributed by atoms with E-state index in [1.165, 1.54) is 5.56 Å². The van der Waals surface area contributed by atoms with E-state index in [9.17, 15) is 18.0 Å². The lowest BCUT2D eigenvalue weighted by Crippen LogP contribution is -2.42. The summed E-state index contributed by atoms with van der Waals surface area (Å²) >= 11 is 0. The molecule has 1 aliphatic carbocycles. The van der Waals surface area contributed by atoms with Gasteiger partial charge in [-0.15, -0.1) is 0 Å². The second-order valence-electron chi connectivity index (χ2n) is 8.48. The minimum Gasteiger partial charge on any atom is -0.496 e. The largest absolute Gasteiger partial charge is 0.496 e. The Morgan fingerprint density at radius 1 is 1.25 bits per heavy atom. The van der Waals surface area contributed by atoms with Gasteiger partial charge in [0.05, 0.1) is 26.2 Å². The second-order valence-corrected chi connectivity index (χ2v) is 8.48. The van der Waals surface area contributed by atoms with Gasteiger partial charge in [-0.05, 0) is 37.8 Å². The van der Waals surface area contributed by atoms with Crippen LogP contribution in [0.15, 0.2) is 24.3 Å². The molecule has 0 aromatic heterocycles. The molecular weight excluding hydrogens is 429 g/mol. The zero-order valence-electron chi connectivity index (χ0n) is 17.9. The Bertz CT molecular complexity index is 800. The Hall–Kier alpha value is -2.33. The smallest absolute Gasteiger partial charge is 0.490 e. The molecule has 2 aliphatic heterocycles. The van der Waals surface area contributed by atoms with E-state index in [0.717, 1.165) is 51.3 Å². The van der Waals surface area contributed by atoms with Crippen LogP contribution < -0.4 is 10.1 Å². The summed E-state index contributed by atoms with van der Waals surface area (Å²) < 4.78 is 43.2.